The molecule has 0 bridgehead atoms. The summed E-state index contributed by atoms with van der Waals surface area (Å²) in [5.74, 6) is 0.0326. The second-order valence-corrected chi connectivity index (χ2v) is 8.61. The van der Waals surface area contributed by atoms with Gasteiger partial charge in [-0.15, -0.1) is 0 Å². The monoisotopic (exact) mass is 433 g/mol. The van der Waals surface area contributed by atoms with Gasteiger partial charge in [0.1, 0.15) is 17.4 Å². The summed E-state index contributed by atoms with van der Waals surface area (Å²) in [5, 5.41) is 6.32. The lowest BCUT2D eigenvalue weighted by Gasteiger charge is -2.32. The van der Waals surface area contributed by atoms with Crippen molar-refractivity contribution in [2.24, 2.45) is 0 Å². The maximum Gasteiger partial charge on any atom is 0.255 e. The molecule has 0 aliphatic carbocycles. The Morgan fingerprint density at radius 1 is 1.40 bits per heavy atom. The summed E-state index contributed by atoms with van der Waals surface area (Å²) < 4.78 is 6.33. The smallest absolute Gasteiger partial charge is 0.255 e. The highest BCUT2D eigenvalue weighted by Crippen LogP contribution is 2.34. The van der Waals surface area contributed by atoms with Crippen molar-refractivity contribution in [3.63, 3.8) is 0 Å². The van der Waals surface area contributed by atoms with Gasteiger partial charge in [0.25, 0.3) is 5.91 Å². The number of hydrogen-bond acceptors (Lipinski definition) is 4. The summed E-state index contributed by atoms with van der Waals surface area (Å²) >= 11 is 5.79. The highest BCUT2D eigenvalue weighted by molar-refractivity contribution is 6.29. The molecule has 2 N–H and O–H groups in total. The fourth-order valence-electron chi connectivity index (χ4n) is 3.84. The van der Waals surface area contributed by atoms with Gasteiger partial charge >= 0.3 is 0 Å². The van der Waals surface area contributed by atoms with Gasteiger partial charge in [-0.25, -0.2) is 0 Å². The Hall–Kier alpha value is -2.54. The van der Waals surface area contributed by atoms with E-state index in [-0.39, 0.29) is 24.1 Å². The third kappa shape index (κ3) is 4.95. The van der Waals surface area contributed by atoms with E-state index in [0.717, 1.165) is 5.56 Å². The van der Waals surface area contributed by atoms with Crippen LogP contribution in [-0.4, -0.2) is 53.9 Å². The van der Waals surface area contributed by atoms with Crippen LogP contribution in [0.4, 0.5) is 0 Å². The van der Waals surface area contributed by atoms with Crippen molar-refractivity contribution in [1.82, 2.24) is 15.5 Å². The summed E-state index contributed by atoms with van der Waals surface area (Å²) in [6, 6.07) is 4.92. The zero-order valence-corrected chi connectivity index (χ0v) is 18.3. The summed E-state index contributed by atoms with van der Waals surface area (Å²) in [4.78, 5) is 39.4. The molecule has 30 heavy (non-hydrogen) atoms. The van der Waals surface area contributed by atoms with E-state index in [0.29, 0.717) is 48.8 Å². The Morgan fingerprint density at radius 3 is 2.90 bits per heavy atom. The lowest BCUT2D eigenvalue weighted by molar-refractivity contribution is -0.139. The number of nitrogens with zero attached hydrogens (tertiary/aromatic N) is 1. The highest BCUT2D eigenvalue weighted by atomic mass is 35.5. The second kappa shape index (κ2) is 9.08. The molecule has 7 nitrogen and oxygen atoms in total. The number of nitrogens with one attached hydrogen (secondary N) is 2. The van der Waals surface area contributed by atoms with Crippen molar-refractivity contribution in [1.29, 1.82) is 0 Å². The van der Waals surface area contributed by atoms with Crippen molar-refractivity contribution in [2.45, 2.75) is 51.7 Å². The number of halogens is 1. The summed E-state index contributed by atoms with van der Waals surface area (Å²) in [7, 11) is 0. The van der Waals surface area contributed by atoms with Gasteiger partial charge in [0, 0.05) is 31.0 Å². The molecule has 2 heterocycles. The van der Waals surface area contributed by atoms with Crippen LogP contribution in [0.25, 0.3) is 0 Å². The number of amides is 3. The third-order valence-corrected chi connectivity index (χ3v) is 5.86. The van der Waals surface area contributed by atoms with Gasteiger partial charge < -0.3 is 20.3 Å². The lowest BCUT2D eigenvalue weighted by Crippen LogP contribution is -2.49. The van der Waals surface area contributed by atoms with E-state index in [1.165, 1.54) is 0 Å². The van der Waals surface area contributed by atoms with Crippen LogP contribution in [0.3, 0.4) is 0 Å². The molecular formula is C22H28ClN3O4. The maximum atomic E-state index is 12.8. The number of fused-ring (bicyclic) bond motifs is 1. The van der Waals surface area contributed by atoms with Crippen LogP contribution >= 0.6 is 11.6 Å². The van der Waals surface area contributed by atoms with Crippen molar-refractivity contribution in [2.75, 3.05) is 19.6 Å². The molecule has 1 spiro atoms. The average molecular weight is 434 g/mol. The molecule has 1 fully saturated rings. The van der Waals surface area contributed by atoms with Crippen LogP contribution in [0.15, 0.2) is 29.3 Å². The Balaban J connectivity index is 1.73. The van der Waals surface area contributed by atoms with Crippen molar-refractivity contribution in [3.05, 3.63) is 40.4 Å². The minimum Gasteiger partial charge on any atom is -0.485 e. The minimum atomic E-state index is -0.685. The first kappa shape index (κ1) is 22.2. The quantitative estimate of drug-likeness (QED) is 0.763. The number of hydrogen-bond donors (Lipinski definition) is 2. The van der Waals surface area contributed by atoms with Crippen LogP contribution in [0.1, 0.15) is 49.0 Å². The topological polar surface area (TPSA) is 87.7 Å². The molecule has 1 saturated heterocycles. The molecule has 2 atom stereocenters. The van der Waals surface area contributed by atoms with Gasteiger partial charge in [0.2, 0.25) is 11.8 Å². The predicted molar refractivity (Wildman–Crippen MR) is 115 cm³/mol. The fraction of sp³-hybridized carbons (Fsp3) is 0.500. The molecule has 1 aromatic carbocycles. The van der Waals surface area contributed by atoms with E-state index >= 15 is 0 Å². The standard InChI is InChI=1S/C22H28ClN3O4/c1-14-4-5-18-17(12-14)21(29)25-13-22(30-18)8-6-19(27)26(11-9-22)16(3)20(28)24-10-7-15(2)23/h4-5,7,12,16H,6,8-11,13H2,1-3H3,(H,24,28)(H,25,29)/b15-7-. The van der Waals surface area contributed by atoms with Gasteiger partial charge in [0.15, 0.2) is 0 Å². The Morgan fingerprint density at radius 2 is 2.17 bits per heavy atom. The third-order valence-electron chi connectivity index (χ3n) is 5.71. The number of aryl methyl sites for hydroxylation is 1. The Kier molecular flexibility index (Phi) is 6.71. The number of ether oxygens (including phenoxy) is 1. The van der Waals surface area contributed by atoms with Gasteiger partial charge in [-0.1, -0.05) is 29.3 Å². The summed E-state index contributed by atoms with van der Waals surface area (Å²) in [5.41, 5.74) is 0.800. The molecular weight excluding hydrogens is 406 g/mol. The van der Waals surface area contributed by atoms with E-state index in [9.17, 15) is 14.4 Å². The Bertz CT molecular complexity index is 881. The molecule has 3 amide bonds. The van der Waals surface area contributed by atoms with E-state index in [2.05, 4.69) is 10.6 Å². The maximum absolute atomic E-state index is 12.8. The first-order valence-corrected chi connectivity index (χ1v) is 10.6. The largest absolute Gasteiger partial charge is 0.485 e. The van der Waals surface area contributed by atoms with E-state index in [1.807, 2.05) is 19.1 Å². The summed E-state index contributed by atoms with van der Waals surface area (Å²) in [6.07, 6.45) is 2.94. The Labute approximate surface area is 181 Å². The second-order valence-electron chi connectivity index (χ2n) is 8.02. The molecule has 0 saturated carbocycles. The first-order chi connectivity index (χ1) is 14.2. The SMILES string of the molecule is C/C(Cl)=C/CNC(=O)C(C)N1CCC2(CCC1=O)CNC(=O)c1cc(C)ccc1O2. The van der Waals surface area contributed by atoms with Crippen molar-refractivity contribution >= 4 is 29.3 Å². The number of rotatable bonds is 4. The van der Waals surface area contributed by atoms with Gasteiger partial charge in [-0.3, -0.25) is 14.4 Å². The lowest BCUT2D eigenvalue weighted by atomic mass is 9.94. The molecule has 0 aromatic heterocycles. The van der Waals surface area contributed by atoms with Gasteiger partial charge in [-0.2, -0.15) is 0 Å². The van der Waals surface area contributed by atoms with Crippen LogP contribution in [0, 0.1) is 6.92 Å². The number of allylic oxidation sites excluding steroid dienone is 1. The first-order valence-electron chi connectivity index (χ1n) is 10.2. The van der Waals surface area contributed by atoms with Gasteiger partial charge in [-0.05, 0) is 39.3 Å². The van der Waals surface area contributed by atoms with E-state index < -0.39 is 11.6 Å². The van der Waals surface area contributed by atoms with Crippen molar-refractivity contribution in [3.8, 4) is 5.75 Å². The van der Waals surface area contributed by atoms with Crippen LogP contribution in [-0.2, 0) is 9.59 Å². The minimum absolute atomic E-state index is 0.0955. The molecule has 1 aromatic rings. The molecule has 2 aliphatic rings. The molecule has 0 radical (unpaired) electrons. The van der Waals surface area contributed by atoms with E-state index in [4.69, 9.17) is 16.3 Å². The van der Waals surface area contributed by atoms with Crippen molar-refractivity contribution < 1.29 is 19.1 Å². The normalized spacial score (nSPS) is 23.1. The molecule has 8 heteroatoms. The van der Waals surface area contributed by atoms with E-state index in [1.54, 1.807) is 30.9 Å². The number of carbonyl (C=O) groups is 3. The average Bonchev–Trinajstić information content (AvgIpc) is 2.94. The van der Waals surface area contributed by atoms with Crippen LogP contribution in [0.5, 0.6) is 5.75 Å². The van der Waals surface area contributed by atoms with Crippen LogP contribution < -0.4 is 15.4 Å². The molecule has 2 aliphatic heterocycles. The zero-order chi connectivity index (χ0) is 21.9. The predicted octanol–water partition coefficient (Wildman–Crippen LogP) is 2.52. The molecule has 2 unspecified atom stereocenters. The molecule has 3 rings (SSSR count). The zero-order valence-electron chi connectivity index (χ0n) is 17.6. The molecule has 162 valence electrons. The number of benzene rings is 1. The van der Waals surface area contributed by atoms with Crippen LogP contribution in [0.2, 0.25) is 0 Å². The highest BCUT2D eigenvalue weighted by Gasteiger charge is 2.41. The number of likely N-dealkylation sites (tertiary alicyclic amines) is 1. The van der Waals surface area contributed by atoms with Gasteiger partial charge in [0.05, 0.1) is 12.1 Å². The fourth-order valence-corrected chi connectivity index (χ4v) is 3.92. The summed E-state index contributed by atoms with van der Waals surface area (Å²) in [6.45, 7) is 6.38. The number of carbonyl (C=O) groups excluding carboxylic acids is 3.